The van der Waals surface area contributed by atoms with Gasteiger partial charge in [0, 0.05) is 5.41 Å². The highest BCUT2D eigenvalue weighted by Gasteiger charge is 2.30. The van der Waals surface area contributed by atoms with Gasteiger partial charge in [-0.05, 0) is 61.1 Å². The van der Waals surface area contributed by atoms with E-state index in [-0.39, 0.29) is 5.41 Å². The van der Waals surface area contributed by atoms with E-state index in [1.54, 1.807) is 0 Å². The van der Waals surface area contributed by atoms with E-state index in [1.165, 1.54) is 11.1 Å². The molecular formula is C22H30O2. The number of aromatic hydroxyl groups is 1. The van der Waals surface area contributed by atoms with Crippen LogP contribution in [0.1, 0.15) is 63.1 Å². The maximum absolute atomic E-state index is 9.85. The van der Waals surface area contributed by atoms with Crippen LogP contribution in [0.3, 0.4) is 0 Å². The Morgan fingerprint density at radius 1 is 0.917 bits per heavy atom. The topological polar surface area (TPSA) is 29.5 Å². The van der Waals surface area contributed by atoms with Gasteiger partial charge in [-0.1, -0.05) is 51.5 Å². The highest BCUT2D eigenvalue weighted by molar-refractivity contribution is 5.45. The van der Waals surface area contributed by atoms with Gasteiger partial charge in [0.25, 0.3) is 0 Å². The van der Waals surface area contributed by atoms with Gasteiger partial charge in [-0.25, -0.2) is 0 Å². The van der Waals surface area contributed by atoms with E-state index in [0.717, 1.165) is 43.6 Å². The number of benzene rings is 2. The fourth-order valence-electron chi connectivity index (χ4n) is 3.39. The third kappa shape index (κ3) is 3.75. The smallest absolute Gasteiger partial charge is 0.119 e. The summed E-state index contributed by atoms with van der Waals surface area (Å²) >= 11 is 0. The highest BCUT2D eigenvalue weighted by Crippen LogP contribution is 2.40. The lowest BCUT2D eigenvalue weighted by molar-refractivity contribution is 0.309. The molecule has 0 aliphatic carbocycles. The minimum Gasteiger partial charge on any atom is -0.508 e. The molecule has 0 fully saturated rings. The number of unbranched alkanes of at least 4 members (excludes halogenated alkanes) is 1. The minimum atomic E-state index is -0.0274. The van der Waals surface area contributed by atoms with E-state index in [1.807, 2.05) is 13.0 Å². The zero-order valence-electron chi connectivity index (χ0n) is 15.4. The SMILES string of the molecule is CCCCOc1ccc(C(CC)(CC)c2ccc(O)c(C)c2)cc1. The molecule has 0 radical (unpaired) electrons. The summed E-state index contributed by atoms with van der Waals surface area (Å²) in [5, 5.41) is 9.85. The minimum absolute atomic E-state index is 0.0274. The molecule has 0 atom stereocenters. The molecule has 1 N–H and O–H groups in total. The van der Waals surface area contributed by atoms with Gasteiger partial charge in [0.05, 0.1) is 6.61 Å². The molecule has 2 nitrogen and oxygen atoms in total. The molecule has 0 unspecified atom stereocenters. The molecule has 130 valence electrons. The van der Waals surface area contributed by atoms with Gasteiger partial charge >= 0.3 is 0 Å². The molecule has 0 saturated heterocycles. The highest BCUT2D eigenvalue weighted by atomic mass is 16.5. The van der Waals surface area contributed by atoms with Crippen LogP contribution < -0.4 is 4.74 Å². The van der Waals surface area contributed by atoms with E-state index >= 15 is 0 Å². The van der Waals surface area contributed by atoms with Crippen LogP contribution in [0.2, 0.25) is 0 Å². The summed E-state index contributed by atoms with van der Waals surface area (Å²) in [5.41, 5.74) is 3.47. The number of hydrogen-bond acceptors (Lipinski definition) is 2. The molecular weight excluding hydrogens is 296 g/mol. The molecule has 0 aliphatic rings. The largest absolute Gasteiger partial charge is 0.508 e. The Morgan fingerprint density at radius 3 is 2.08 bits per heavy atom. The van der Waals surface area contributed by atoms with Crippen LogP contribution >= 0.6 is 0 Å². The maximum atomic E-state index is 9.85. The van der Waals surface area contributed by atoms with Crippen LogP contribution in [-0.2, 0) is 5.41 Å². The summed E-state index contributed by atoms with van der Waals surface area (Å²) < 4.78 is 5.79. The molecule has 2 heteroatoms. The molecule has 0 amide bonds. The van der Waals surface area contributed by atoms with Crippen molar-refractivity contribution in [1.82, 2.24) is 0 Å². The van der Waals surface area contributed by atoms with Crippen molar-refractivity contribution in [2.75, 3.05) is 6.61 Å². The monoisotopic (exact) mass is 326 g/mol. The normalized spacial score (nSPS) is 11.5. The van der Waals surface area contributed by atoms with Crippen molar-refractivity contribution in [2.24, 2.45) is 0 Å². The summed E-state index contributed by atoms with van der Waals surface area (Å²) in [6, 6.07) is 14.5. The predicted molar refractivity (Wildman–Crippen MR) is 101 cm³/mol. The number of aryl methyl sites for hydroxylation is 1. The van der Waals surface area contributed by atoms with Crippen molar-refractivity contribution in [2.45, 2.75) is 58.8 Å². The Kier molecular flexibility index (Phi) is 6.30. The third-order valence-electron chi connectivity index (χ3n) is 5.13. The van der Waals surface area contributed by atoms with Crippen LogP contribution in [0.5, 0.6) is 11.5 Å². The maximum Gasteiger partial charge on any atom is 0.119 e. The van der Waals surface area contributed by atoms with Gasteiger partial charge in [0.15, 0.2) is 0 Å². The van der Waals surface area contributed by atoms with Gasteiger partial charge < -0.3 is 9.84 Å². The first kappa shape index (κ1) is 18.4. The average molecular weight is 326 g/mol. The van der Waals surface area contributed by atoms with Crippen molar-refractivity contribution >= 4 is 0 Å². The van der Waals surface area contributed by atoms with Gasteiger partial charge in [-0.15, -0.1) is 0 Å². The molecule has 0 bridgehead atoms. The molecule has 0 spiro atoms. The molecule has 0 aromatic heterocycles. The van der Waals surface area contributed by atoms with Crippen LogP contribution in [0.15, 0.2) is 42.5 Å². The van der Waals surface area contributed by atoms with Crippen molar-refractivity contribution in [3.63, 3.8) is 0 Å². The number of hydrogen-bond donors (Lipinski definition) is 1. The van der Waals surface area contributed by atoms with E-state index in [4.69, 9.17) is 4.74 Å². The molecule has 2 aromatic carbocycles. The number of ether oxygens (including phenoxy) is 1. The fourth-order valence-corrected chi connectivity index (χ4v) is 3.39. The average Bonchev–Trinajstić information content (AvgIpc) is 2.61. The first-order valence-corrected chi connectivity index (χ1v) is 9.10. The lowest BCUT2D eigenvalue weighted by Gasteiger charge is -2.33. The number of phenols is 1. The third-order valence-corrected chi connectivity index (χ3v) is 5.13. The molecule has 2 aromatic rings. The Bertz CT molecular complexity index is 640. The lowest BCUT2D eigenvalue weighted by atomic mass is 9.70. The molecule has 2 rings (SSSR count). The Balaban J connectivity index is 2.33. The van der Waals surface area contributed by atoms with Crippen LogP contribution in [-0.4, -0.2) is 11.7 Å². The lowest BCUT2D eigenvalue weighted by Crippen LogP contribution is -2.26. The van der Waals surface area contributed by atoms with E-state index in [0.29, 0.717) is 5.75 Å². The van der Waals surface area contributed by atoms with Crippen molar-refractivity contribution in [3.05, 3.63) is 59.2 Å². The first-order valence-electron chi connectivity index (χ1n) is 9.10. The summed E-state index contributed by atoms with van der Waals surface area (Å²) in [7, 11) is 0. The Labute approximate surface area is 146 Å². The number of phenolic OH excluding ortho intramolecular Hbond substituents is 1. The number of rotatable bonds is 8. The van der Waals surface area contributed by atoms with Gasteiger partial charge in [0.1, 0.15) is 11.5 Å². The zero-order chi connectivity index (χ0) is 17.6. The molecule has 0 aliphatic heterocycles. The molecule has 24 heavy (non-hydrogen) atoms. The Hall–Kier alpha value is -1.96. The fraction of sp³-hybridized carbons (Fsp3) is 0.455. The van der Waals surface area contributed by atoms with E-state index in [9.17, 15) is 5.11 Å². The van der Waals surface area contributed by atoms with Gasteiger partial charge in [-0.3, -0.25) is 0 Å². The van der Waals surface area contributed by atoms with Crippen molar-refractivity contribution in [1.29, 1.82) is 0 Å². The van der Waals surface area contributed by atoms with Gasteiger partial charge in [-0.2, -0.15) is 0 Å². The summed E-state index contributed by atoms with van der Waals surface area (Å²) in [4.78, 5) is 0. The predicted octanol–water partition coefficient (Wildman–Crippen LogP) is 5.99. The summed E-state index contributed by atoms with van der Waals surface area (Å²) in [6.45, 7) is 9.37. The molecule has 0 heterocycles. The second-order valence-electron chi connectivity index (χ2n) is 6.52. The first-order chi connectivity index (χ1) is 11.6. The van der Waals surface area contributed by atoms with Gasteiger partial charge in [0.2, 0.25) is 0 Å². The van der Waals surface area contributed by atoms with Crippen molar-refractivity contribution in [3.8, 4) is 11.5 Å². The van der Waals surface area contributed by atoms with E-state index in [2.05, 4.69) is 57.2 Å². The van der Waals surface area contributed by atoms with Crippen LogP contribution in [0.4, 0.5) is 0 Å². The second-order valence-corrected chi connectivity index (χ2v) is 6.52. The second kappa shape index (κ2) is 8.23. The van der Waals surface area contributed by atoms with Crippen LogP contribution in [0, 0.1) is 6.92 Å². The standard InChI is InChI=1S/C22H30O2/c1-5-8-15-24-20-12-9-18(10-13-20)22(6-2,7-3)19-11-14-21(23)17(4)16-19/h9-14,16,23H,5-8,15H2,1-4H3. The summed E-state index contributed by atoms with van der Waals surface area (Å²) in [5.74, 6) is 1.30. The Morgan fingerprint density at radius 2 is 1.54 bits per heavy atom. The zero-order valence-corrected chi connectivity index (χ0v) is 15.4. The summed E-state index contributed by atoms with van der Waals surface area (Å²) in [6.07, 6.45) is 4.27. The molecule has 0 saturated carbocycles. The van der Waals surface area contributed by atoms with E-state index < -0.39 is 0 Å². The van der Waals surface area contributed by atoms with Crippen molar-refractivity contribution < 1.29 is 9.84 Å². The quantitative estimate of drug-likeness (QED) is 0.604. The van der Waals surface area contributed by atoms with Crippen LogP contribution in [0.25, 0.3) is 0 Å².